The zero-order valence-corrected chi connectivity index (χ0v) is 12.8. The van der Waals surface area contributed by atoms with Crippen molar-refractivity contribution in [3.05, 3.63) is 41.1 Å². The van der Waals surface area contributed by atoms with Crippen molar-refractivity contribution in [1.82, 2.24) is 9.78 Å². The Hall–Kier alpha value is -2.48. The van der Waals surface area contributed by atoms with E-state index in [9.17, 15) is 0 Å². The summed E-state index contributed by atoms with van der Waals surface area (Å²) in [6, 6.07) is 9.78. The molecule has 0 unspecified atom stereocenters. The first-order valence-electron chi connectivity index (χ1n) is 7.08. The van der Waals surface area contributed by atoms with Crippen molar-refractivity contribution in [2.75, 3.05) is 17.7 Å². The second kappa shape index (κ2) is 6.31. The zero-order chi connectivity index (χ0) is 15.4. The van der Waals surface area contributed by atoms with Gasteiger partial charge in [-0.05, 0) is 24.1 Å². The highest BCUT2D eigenvalue weighted by atomic mass is 15.4. The van der Waals surface area contributed by atoms with Gasteiger partial charge < -0.3 is 10.6 Å². The molecule has 0 amide bonds. The third-order valence-corrected chi connectivity index (χ3v) is 3.45. The Labute approximate surface area is 125 Å². The van der Waals surface area contributed by atoms with Crippen molar-refractivity contribution in [2.24, 2.45) is 7.05 Å². The monoisotopic (exact) mass is 283 g/mol. The van der Waals surface area contributed by atoms with Crippen LogP contribution in [0.3, 0.4) is 0 Å². The van der Waals surface area contributed by atoms with Crippen molar-refractivity contribution in [3.63, 3.8) is 0 Å². The third kappa shape index (κ3) is 3.16. The van der Waals surface area contributed by atoms with Crippen LogP contribution in [0.15, 0.2) is 24.3 Å². The van der Waals surface area contributed by atoms with Crippen LogP contribution in [0.4, 0.5) is 11.5 Å². The van der Waals surface area contributed by atoms with E-state index in [4.69, 9.17) is 11.0 Å². The lowest BCUT2D eigenvalue weighted by Crippen LogP contribution is -2.20. The highest BCUT2D eigenvalue weighted by molar-refractivity contribution is 5.66. The minimum Gasteiger partial charge on any atom is -0.394 e. The summed E-state index contributed by atoms with van der Waals surface area (Å²) >= 11 is 0. The molecule has 0 atom stereocenters. The fraction of sp³-hybridized carbons (Fsp3) is 0.375. The van der Waals surface area contributed by atoms with Gasteiger partial charge in [-0.2, -0.15) is 10.4 Å². The first kappa shape index (κ1) is 14.9. The third-order valence-electron chi connectivity index (χ3n) is 3.45. The summed E-state index contributed by atoms with van der Waals surface area (Å²) in [7, 11) is 3.90. The summed E-state index contributed by atoms with van der Waals surface area (Å²) in [5.74, 6) is 0.917. The fourth-order valence-corrected chi connectivity index (χ4v) is 2.55. The van der Waals surface area contributed by atoms with E-state index in [1.807, 2.05) is 37.0 Å². The summed E-state index contributed by atoms with van der Waals surface area (Å²) in [6.07, 6.45) is 1.91. The molecule has 0 bridgehead atoms. The molecule has 0 saturated heterocycles. The van der Waals surface area contributed by atoms with Crippen molar-refractivity contribution in [3.8, 4) is 6.07 Å². The second-order valence-corrected chi connectivity index (χ2v) is 5.23. The van der Waals surface area contributed by atoms with E-state index in [1.54, 1.807) is 6.07 Å². The predicted octanol–water partition coefficient (Wildman–Crippen LogP) is 2.46. The molecule has 2 N–H and O–H groups in total. The molecule has 0 aliphatic rings. The van der Waals surface area contributed by atoms with Crippen molar-refractivity contribution < 1.29 is 0 Å². The maximum Gasteiger partial charge on any atom is 0.150 e. The van der Waals surface area contributed by atoms with Crippen LogP contribution >= 0.6 is 0 Å². The molecule has 0 aliphatic heterocycles. The van der Waals surface area contributed by atoms with Crippen LogP contribution in [0.1, 0.15) is 30.2 Å². The number of rotatable bonds is 5. The Morgan fingerprint density at radius 3 is 2.86 bits per heavy atom. The van der Waals surface area contributed by atoms with E-state index >= 15 is 0 Å². The normalized spacial score (nSPS) is 10.4. The number of hydrogen-bond acceptors (Lipinski definition) is 4. The number of nitrogen functional groups attached to an aromatic ring is 1. The van der Waals surface area contributed by atoms with Gasteiger partial charge in [0.2, 0.25) is 0 Å². The molecule has 0 aliphatic carbocycles. The minimum absolute atomic E-state index is 0.672. The number of nitriles is 1. The van der Waals surface area contributed by atoms with Crippen molar-refractivity contribution >= 4 is 11.5 Å². The number of nitrogens with zero attached hydrogens (tertiary/aromatic N) is 4. The molecular weight excluding hydrogens is 262 g/mol. The lowest BCUT2D eigenvalue weighted by Gasteiger charge is -2.20. The number of aryl methyl sites for hydroxylation is 2. The van der Waals surface area contributed by atoms with Gasteiger partial charge in [-0.25, -0.2) is 0 Å². The van der Waals surface area contributed by atoms with Crippen LogP contribution < -0.4 is 10.6 Å². The van der Waals surface area contributed by atoms with E-state index < -0.39 is 0 Å². The van der Waals surface area contributed by atoms with Gasteiger partial charge in [-0.15, -0.1) is 0 Å². The lowest BCUT2D eigenvalue weighted by molar-refractivity contribution is 0.712. The average molecular weight is 283 g/mol. The van der Waals surface area contributed by atoms with Crippen LogP contribution in [-0.4, -0.2) is 16.8 Å². The highest BCUT2D eigenvalue weighted by Crippen LogP contribution is 2.27. The molecule has 21 heavy (non-hydrogen) atoms. The Morgan fingerprint density at radius 2 is 2.19 bits per heavy atom. The van der Waals surface area contributed by atoms with E-state index in [0.29, 0.717) is 12.1 Å². The smallest absolute Gasteiger partial charge is 0.150 e. The number of benzene rings is 1. The molecule has 2 rings (SSSR count). The Bertz CT molecular complexity index is 666. The van der Waals surface area contributed by atoms with Crippen LogP contribution in [0.25, 0.3) is 0 Å². The molecule has 0 spiro atoms. The van der Waals surface area contributed by atoms with Crippen LogP contribution in [-0.2, 0) is 20.0 Å². The molecule has 5 nitrogen and oxygen atoms in total. The molecule has 1 heterocycles. The summed E-state index contributed by atoms with van der Waals surface area (Å²) in [6.45, 7) is 2.80. The van der Waals surface area contributed by atoms with Crippen LogP contribution in [0.5, 0.6) is 0 Å². The average Bonchev–Trinajstić information content (AvgIpc) is 2.74. The van der Waals surface area contributed by atoms with Gasteiger partial charge in [0, 0.05) is 20.6 Å². The van der Waals surface area contributed by atoms with Gasteiger partial charge in [-0.3, -0.25) is 4.68 Å². The Balaban J connectivity index is 2.24. The molecule has 5 heteroatoms. The van der Waals surface area contributed by atoms with Gasteiger partial charge >= 0.3 is 0 Å². The van der Waals surface area contributed by atoms with E-state index in [1.165, 1.54) is 0 Å². The van der Waals surface area contributed by atoms with Crippen LogP contribution in [0.2, 0.25) is 0 Å². The predicted molar refractivity (Wildman–Crippen MR) is 84.9 cm³/mol. The number of anilines is 2. The van der Waals surface area contributed by atoms with Gasteiger partial charge in [-0.1, -0.05) is 25.5 Å². The van der Waals surface area contributed by atoms with E-state index in [2.05, 4.69) is 23.0 Å². The van der Waals surface area contributed by atoms with Gasteiger partial charge in [0.15, 0.2) is 0 Å². The van der Waals surface area contributed by atoms with Gasteiger partial charge in [0.05, 0.1) is 23.0 Å². The zero-order valence-electron chi connectivity index (χ0n) is 12.8. The summed E-state index contributed by atoms with van der Waals surface area (Å²) < 4.78 is 1.83. The van der Waals surface area contributed by atoms with Crippen LogP contribution in [0, 0.1) is 11.3 Å². The summed E-state index contributed by atoms with van der Waals surface area (Å²) in [5.41, 5.74) is 9.67. The molecule has 0 saturated carbocycles. The highest BCUT2D eigenvalue weighted by Gasteiger charge is 2.16. The van der Waals surface area contributed by atoms with Crippen molar-refractivity contribution in [2.45, 2.75) is 26.3 Å². The maximum atomic E-state index is 8.97. The largest absolute Gasteiger partial charge is 0.394 e. The summed E-state index contributed by atoms with van der Waals surface area (Å²) in [5, 5.41) is 13.5. The first-order valence-corrected chi connectivity index (χ1v) is 7.08. The van der Waals surface area contributed by atoms with E-state index in [-0.39, 0.29) is 0 Å². The number of aromatic nitrogens is 2. The molecule has 1 aromatic carbocycles. The Morgan fingerprint density at radius 1 is 1.43 bits per heavy atom. The second-order valence-electron chi connectivity index (χ2n) is 5.23. The Kier molecular flexibility index (Phi) is 4.49. The minimum atomic E-state index is 0.672. The quantitative estimate of drug-likeness (QED) is 0.915. The molecule has 0 fully saturated rings. The summed E-state index contributed by atoms with van der Waals surface area (Å²) in [4.78, 5) is 2.07. The molecule has 110 valence electrons. The lowest BCUT2D eigenvalue weighted by atomic mass is 10.1. The first-order chi connectivity index (χ1) is 10.1. The van der Waals surface area contributed by atoms with E-state index in [0.717, 1.165) is 35.6 Å². The number of hydrogen-bond donors (Lipinski definition) is 1. The van der Waals surface area contributed by atoms with Crippen molar-refractivity contribution in [1.29, 1.82) is 5.26 Å². The number of nitrogens with two attached hydrogens (primary N) is 1. The SMILES string of the molecule is CCCc1nn(C)c(N(C)Cc2cccc(C#N)c2)c1N. The van der Waals surface area contributed by atoms with Gasteiger partial charge in [0.1, 0.15) is 5.82 Å². The van der Waals surface area contributed by atoms with Gasteiger partial charge in [0.25, 0.3) is 0 Å². The molecule has 1 aromatic heterocycles. The fourth-order valence-electron chi connectivity index (χ4n) is 2.55. The maximum absolute atomic E-state index is 8.97. The topological polar surface area (TPSA) is 70.9 Å². The molecule has 0 radical (unpaired) electrons. The molecular formula is C16H21N5. The molecule has 2 aromatic rings. The standard InChI is InChI=1S/C16H21N5/c1-4-6-14-15(18)16(21(3)19-14)20(2)11-13-8-5-7-12(9-13)10-17/h5,7-9H,4,6,11,18H2,1-3H3.